The lowest BCUT2D eigenvalue weighted by atomic mass is 10.0. The van der Waals surface area contributed by atoms with Gasteiger partial charge in [0.1, 0.15) is 0 Å². The minimum atomic E-state index is 0.720. The quantitative estimate of drug-likeness (QED) is 0.412. The van der Waals surface area contributed by atoms with Crippen molar-refractivity contribution in [2.45, 2.75) is 6.92 Å². The first kappa shape index (κ1) is 17.5. The molecule has 0 aliphatic heterocycles. The number of aryl methyl sites for hydroxylation is 1. The number of hydrogen-bond acceptors (Lipinski definition) is 6. The fraction of sp³-hybridized carbons (Fsp3) is 0.0435. The zero-order valence-corrected chi connectivity index (χ0v) is 16.5. The summed E-state index contributed by atoms with van der Waals surface area (Å²) >= 11 is 1.51. The SMILES string of the molecule is Cc1ccccc1Nc1nnc(-c2cc3cccnc3nc2-c2ccccc2)s1. The average Bonchev–Trinajstić information content (AvgIpc) is 3.23. The summed E-state index contributed by atoms with van der Waals surface area (Å²) in [4.78, 5) is 9.25. The number of aromatic nitrogens is 4. The van der Waals surface area contributed by atoms with Gasteiger partial charge in [-0.25, -0.2) is 9.97 Å². The minimum absolute atomic E-state index is 0.720. The van der Waals surface area contributed by atoms with Crippen molar-refractivity contribution in [3.8, 4) is 21.8 Å². The number of anilines is 2. The van der Waals surface area contributed by atoms with Crippen LogP contribution in [0.25, 0.3) is 32.9 Å². The molecule has 3 aromatic heterocycles. The second-order valence-electron chi connectivity index (χ2n) is 6.65. The summed E-state index contributed by atoms with van der Waals surface area (Å²) in [6.45, 7) is 2.07. The monoisotopic (exact) mass is 395 g/mol. The van der Waals surface area contributed by atoms with Gasteiger partial charge in [-0.2, -0.15) is 0 Å². The van der Waals surface area contributed by atoms with E-state index in [4.69, 9.17) is 4.98 Å². The molecule has 0 amide bonds. The van der Waals surface area contributed by atoms with Crippen LogP contribution in [0.5, 0.6) is 0 Å². The van der Waals surface area contributed by atoms with E-state index in [1.165, 1.54) is 11.3 Å². The molecule has 0 aliphatic rings. The Morgan fingerprint density at radius 1 is 0.862 bits per heavy atom. The topological polar surface area (TPSA) is 63.6 Å². The van der Waals surface area contributed by atoms with Crippen molar-refractivity contribution in [3.05, 3.63) is 84.6 Å². The molecule has 2 aromatic carbocycles. The van der Waals surface area contributed by atoms with Crippen LogP contribution in [0.1, 0.15) is 5.56 Å². The molecule has 5 nitrogen and oxygen atoms in total. The third-order valence-electron chi connectivity index (χ3n) is 4.68. The van der Waals surface area contributed by atoms with Gasteiger partial charge in [0.2, 0.25) is 5.13 Å². The van der Waals surface area contributed by atoms with E-state index >= 15 is 0 Å². The molecule has 0 aliphatic carbocycles. The number of hydrogen-bond donors (Lipinski definition) is 1. The molecule has 3 heterocycles. The Labute approximate surface area is 172 Å². The van der Waals surface area contributed by atoms with Crippen molar-refractivity contribution in [2.75, 3.05) is 5.32 Å². The molecule has 0 radical (unpaired) electrons. The third-order valence-corrected chi connectivity index (χ3v) is 5.55. The van der Waals surface area contributed by atoms with Crippen molar-refractivity contribution in [1.82, 2.24) is 20.2 Å². The molecule has 0 fully saturated rings. The second-order valence-corrected chi connectivity index (χ2v) is 7.63. The molecule has 1 N–H and O–H groups in total. The van der Waals surface area contributed by atoms with E-state index in [0.717, 1.165) is 49.2 Å². The summed E-state index contributed by atoms with van der Waals surface area (Å²) in [7, 11) is 0. The standard InChI is InChI=1S/C23H17N5S/c1-15-8-5-6-12-19(15)25-23-28-27-22(29-23)18-14-17-11-7-13-24-21(17)26-20(18)16-9-3-2-4-10-16/h2-14H,1H3,(H,25,28). The third kappa shape index (κ3) is 3.46. The Bertz CT molecular complexity index is 1300. The molecular formula is C23H17N5S. The lowest BCUT2D eigenvalue weighted by molar-refractivity contribution is 1.09. The summed E-state index contributed by atoms with van der Waals surface area (Å²) in [6, 6.07) is 24.3. The van der Waals surface area contributed by atoms with Crippen LogP contribution in [0.2, 0.25) is 0 Å². The van der Waals surface area contributed by atoms with E-state index in [1.54, 1.807) is 6.20 Å². The van der Waals surface area contributed by atoms with Crippen molar-refractivity contribution in [2.24, 2.45) is 0 Å². The molecule has 0 bridgehead atoms. The Kier molecular flexibility index (Phi) is 4.46. The van der Waals surface area contributed by atoms with Gasteiger partial charge in [0.05, 0.1) is 5.69 Å². The van der Waals surface area contributed by atoms with E-state index in [1.807, 2.05) is 60.7 Å². The van der Waals surface area contributed by atoms with E-state index < -0.39 is 0 Å². The lowest BCUT2D eigenvalue weighted by Crippen LogP contribution is -1.92. The van der Waals surface area contributed by atoms with E-state index in [0.29, 0.717) is 0 Å². The van der Waals surface area contributed by atoms with Crippen molar-refractivity contribution in [3.63, 3.8) is 0 Å². The summed E-state index contributed by atoms with van der Waals surface area (Å²) in [5, 5.41) is 14.7. The normalized spacial score (nSPS) is 10.9. The molecule has 0 saturated carbocycles. The molecule has 5 rings (SSSR count). The van der Waals surface area contributed by atoms with Crippen molar-refractivity contribution >= 4 is 33.2 Å². The smallest absolute Gasteiger partial charge is 0.210 e. The predicted molar refractivity (Wildman–Crippen MR) is 118 cm³/mol. The largest absolute Gasteiger partial charge is 0.330 e. The number of benzene rings is 2. The molecule has 140 valence electrons. The fourth-order valence-corrected chi connectivity index (χ4v) is 3.97. The summed E-state index contributed by atoms with van der Waals surface area (Å²) in [6.07, 6.45) is 1.76. The van der Waals surface area contributed by atoms with Crippen LogP contribution in [-0.4, -0.2) is 20.2 Å². The van der Waals surface area contributed by atoms with Gasteiger partial charge in [0, 0.05) is 28.4 Å². The first-order chi connectivity index (χ1) is 14.3. The van der Waals surface area contributed by atoms with Crippen LogP contribution < -0.4 is 5.32 Å². The highest BCUT2D eigenvalue weighted by atomic mass is 32.1. The highest BCUT2D eigenvalue weighted by molar-refractivity contribution is 7.18. The maximum absolute atomic E-state index is 4.84. The van der Waals surface area contributed by atoms with Gasteiger partial charge in [-0.05, 0) is 36.8 Å². The molecular weight excluding hydrogens is 378 g/mol. The number of pyridine rings is 2. The molecule has 29 heavy (non-hydrogen) atoms. The van der Waals surface area contributed by atoms with Crippen LogP contribution in [0.4, 0.5) is 10.8 Å². The van der Waals surface area contributed by atoms with Crippen LogP contribution >= 0.6 is 11.3 Å². The van der Waals surface area contributed by atoms with Gasteiger partial charge in [-0.3, -0.25) is 0 Å². The van der Waals surface area contributed by atoms with Crippen LogP contribution in [0.15, 0.2) is 79.0 Å². The van der Waals surface area contributed by atoms with E-state index in [9.17, 15) is 0 Å². The molecule has 6 heteroatoms. The summed E-state index contributed by atoms with van der Waals surface area (Å²) in [5.74, 6) is 0. The summed E-state index contributed by atoms with van der Waals surface area (Å²) in [5.41, 5.74) is 5.74. The summed E-state index contributed by atoms with van der Waals surface area (Å²) < 4.78 is 0. The molecule has 0 spiro atoms. The van der Waals surface area contributed by atoms with E-state index in [2.05, 4.69) is 39.6 Å². The predicted octanol–water partition coefficient (Wildman–Crippen LogP) is 5.87. The maximum atomic E-state index is 4.84. The van der Waals surface area contributed by atoms with Gasteiger partial charge < -0.3 is 5.32 Å². The van der Waals surface area contributed by atoms with Crippen LogP contribution in [-0.2, 0) is 0 Å². The number of nitrogens with one attached hydrogen (secondary N) is 1. The van der Waals surface area contributed by atoms with Crippen molar-refractivity contribution in [1.29, 1.82) is 0 Å². The van der Waals surface area contributed by atoms with Gasteiger partial charge in [0.15, 0.2) is 10.7 Å². The second kappa shape index (κ2) is 7.41. The Hall–Kier alpha value is -3.64. The lowest BCUT2D eigenvalue weighted by Gasteiger charge is -2.08. The molecule has 0 saturated heterocycles. The molecule has 5 aromatic rings. The Morgan fingerprint density at radius 3 is 2.55 bits per heavy atom. The number of rotatable bonds is 4. The van der Waals surface area contributed by atoms with Gasteiger partial charge in [-0.15, -0.1) is 10.2 Å². The zero-order chi connectivity index (χ0) is 19.6. The van der Waals surface area contributed by atoms with Gasteiger partial charge in [0.25, 0.3) is 0 Å². The Balaban J connectivity index is 1.61. The Morgan fingerprint density at radius 2 is 1.69 bits per heavy atom. The molecule has 0 unspecified atom stereocenters. The van der Waals surface area contributed by atoms with Crippen molar-refractivity contribution < 1.29 is 0 Å². The fourth-order valence-electron chi connectivity index (χ4n) is 3.20. The maximum Gasteiger partial charge on any atom is 0.210 e. The molecule has 0 atom stereocenters. The highest BCUT2D eigenvalue weighted by Gasteiger charge is 2.16. The number of para-hydroxylation sites is 1. The highest BCUT2D eigenvalue weighted by Crippen LogP contribution is 2.36. The first-order valence-corrected chi connectivity index (χ1v) is 10.1. The minimum Gasteiger partial charge on any atom is -0.330 e. The number of fused-ring (bicyclic) bond motifs is 1. The van der Waals surface area contributed by atoms with Gasteiger partial charge in [-0.1, -0.05) is 59.9 Å². The van der Waals surface area contributed by atoms with Gasteiger partial charge >= 0.3 is 0 Å². The zero-order valence-electron chi connectivity index (χ0n) is 15.7. The van der Waals surface area contributed by atoms with Crippen LogP contribution in [0.3, 0.4) is 0 Å². The van der Waals surface area contributed by atoms with Crippen LogP contribution in [0, 0.1) is 6.92 Å². The number of nitrogens with zero attached hydrogens (tertiary/aromatic N) is 4. The van der Waals surface area contributed by atoms with E-state index in [-0.39, 0.29) is 0 Å². The average molecular weight is 395 g/mol. The first-order valence-electron chi connectivity index (χ1n) is 9.26.